The Morgan fingerprint density at radius 3 is 2.62 bits per heavy atom. The van der Waals surface area contributed by atoms with Crippen molar-refractivity contribution in [2.75, 3.05) is 5.32 Å². The van der Waals surface area contributed by atoms with Gasteiger partial charge in [0.2, 0.25) is 5.88 Å². The first-order chi connectivity index (χ1) is 14.1. The summed E-state index contributed by atoms with van der Waals surface area (Å²) in [5.41, 5.74) is 7.58. The van der Waals surface area contributed by atoms with E-state index in [4.69, 9.17) is 10.5 Å². The monoisotopic (exact) mass is 392 g/mol. The molecule has 1 fully saturated rings. The van der Waals surface area contributed by atoms with Crippen LogP contribution >= 0.6 is 0 Å². The smallest absolute Gasteiger partial charge is 0.250 e. The number of hydrogen-bond acceptors (Lipinski definition) is 5. The van der Waals surface area contributed by atoms with Crippen LogP contribution in [0.15, 0.2) is 61.1 Å². The van der Waals surface area contributed by atoms with E-state index in [-0.39, 0.29) is 12.1 Å². The minimum absolute atomic E-state index is 0.198. The van der Waals surface area contributed by atoms with Crippen molar-refractivity contribution in [1.29, 1.82) is 0 Å². The normalized spacial score (nSPS) is 18.9. The van der Waals surface area contributed by atoms with E-state index in [1.165, 1.54) is 0 Å². The molecule has 0 unspecified atom stereocenters. The van der Waals surface area contributed by atoms with Gasteiger partial charge in [-0.05, 0) is 62.1 Å². The number of primary amides is 1. The zero-order valence-electron chi connectivity index (χ0n) is 16.0. The van der Waals surface area contributed by atoms with Gasteiger partial charge in [-0.25, -0.2) is 0 Å². The molecule has 0 aliphatic heterocycles. The standard InChI is InChI=1S/C22H24N4O3/c23-22(28)19-8-5-16(14-20(19)25-15-3-6-17(27)7-4-15)26-13-1-2-21(26)29-18-9-11-24-12-10-18/h1-2,5,8-15,17,25,27H,3-4,6-7H2,(H2,23,28)/t15-,17-. The molecule has 29 heavy (non-hydrogen) atoms. The number of carbonyl (C=O) groups excluding carboxylic acids is 1. The van der Waals surface area contributed by atoms with Crippen molar-refractivity contribution in [3.05, 3.63) is 66.6 Å². The maximum Gasteiger partial charge on any atom is 0.250 e. The summed E-state index contributed by atoms with van der Waals surface area (Å²) in [6, 6.07) is 13.0. The molecule has 0 spiro atoms. The number of rotatable bonds is 6. The van der Waals surface area contributed by atoms with Crippen molar-refractivity contribution in [2.24, 2.45) is 5.73 Å². The van der Waals surface area contributed by atoms with Crippen molar-refractivity contribution in [3.8, 4) is 17.3 Å². The average molecular weight is 392 g/mol. The molecule has 2 heterocycles. The van der Waals surface area contributed by atoms with Crippen molar-refractivity contribution >= 4 is 11.6 Å². The summed E-state index contributed by atoms with van der Waals surface area (Å²) in [6.45, 7) is 0. The van der Waals surface area contributed by atoms with Crippen LogP contribution in [0.4, 0.5) is 5.69 Å². The molecular weight excluding hydrogens is 368 g/mol. The fourth-order valence-electron chi connectivity index (χ4n) is 3.65. The van der Waals surface area contributed by atoms with E-state index in [0.717, 1.165) is 31.4 Å². The lowest BCUT2D eigenvalue weighted by Gasteiger charge is -2.28. The molecule has 1 aliphatic carbocycles. The van der Waals surface area contributed by atoms with Gasteiger partial charge in [0.15, 0.2) is 0 Å². The lowest BCUT2D eigenvalue weighted by atomic mass is 9.92. The number of nitrogens with two attached hydrogens (primary N) is 1. The Morgan fingerprint density at radius 1 is 1.14 bits per heavy atom. The van der Waals surface area contributed by atoms with Crippen molar-refractivity contribution in [2.45, 2.75) is 37.8 Å². The molecule has 4 rings (SSSR count). The molecule has 0 radical (unpaired) electrons. The molecule has 1 aliphatic rings. The average Bonchev–Trinajstić information content (AvgIpc) is 3.18. The second kappa shape index (κ2) is 8.36. The number of amides is 1. The molecule has 150 valence electrons. The molecule has 7 nitrogen and oxygen atoms in total. The van der Waals surface area contributed by atoms with Gasteiger partial charge in [0, 0.05) is 36.4 Å². The quantitative estimate of drug-likeness (QED) is 0.596. The third-order valence-electron chi connectivity index (χ3n) is 5.19. The van der Waals surface area contributed by atoms with Crippen LogP contribution in [0, 0.1) is 0 Å². The second-order valence-electron chi connectivity index (χ2n) is 7.25. The highest BCUT2D eigenvalue weighted by Crippen LogP contribution is 2.29. The summed E-state index contributed by atoms with van der Waals surface area (Å²) in [4.78, 5) is 15.9. The van der Waals surface area contributed by atoms with Crippen LogP contribution in [-0.4, -0.2) is 32.7 Å². The predicted molar refractivity (Wildman–Crippen MR) is 110 cm³/mol. The van der Waals surface area contributed by atoms with Gasteiger partial charge in [-0.2, -0.15) is 0 Å². The Labute approximate surface area is 169 Å². The fourth-order valence-corrected chi connectivity index (χ4v) is 3.65. The molecule has 0 bridgehead atoms. The maximum atomic E-state index is 11.9. The molecule has 1 aromatic carbocycles. The molecule has 3 aromatic rings. The number of ether oxygens (including phenoxy) is 1. The predicted octanol–water partition coefficient (Wildman–Crippen LogP) is 3.48. The van der Waals surface area contributed by atoms with Crippen molar-refractivity contribution in [3.63, 3.8) is 0 Å². The van der Waals surface area contributed by atoms with Crippen LogP contribution < -0.4 is 15.8 Å². The largest absolute Gasteiger partial charge is 0.440 e. The van der Waals surface area contributed by atoms with E-state index in [9.17, 15) is 9.90 Å². The number of benzene rings is 1. The molecule has 1 amide bonds. The van der Waals surface area contributed by atoms with Gasteiger partial charge in [-0.3, -0.25) is 14.3 Å². The van der Waals surface area contributed by atoms with Crippen LogP contribution in [0.2, 0.25) is 0 Å². The van der Waals surface area contributed by atoms with Gasteiger partial charge in [-0.15, -0.1) is 0 Å². The fraction of sp³-hybridized carbons (Fsp3) is 0.273. The minimum atomic E-state index is -0.476. The van der Waals surface area contributed by atoms with E-state index >= 15 is 0 Å². The Kier molecular flexibility index (Phi) is 5.48. The van der Waals surface area contributed by atoms with Gasteiger partial charge in [0.05, 0.1) is 17.4 Å². The van der Waals surface area contributed by atoms with E-state index in [2.05, 4.69) is 10.3 Å². The summed E-state index contributed by atoms with van der Waals surface area (Å²) in [6.07, 6.45) is 8.22. The SMILES string of the molecule is NC(=O)c1ccc(-n2cccc2Oc2ccncc2)cc1N[C@H]1CC[C@H](O)CC1. The number of nitrogens with one attached hydrogen (secondary N) is 1. The highest BCUT2D eigenvalue weighted by atomic mass is 16.5. The minimum Gasteiger partial charge on any atom is -0.440 e. The molecule has 0 saturated heterocycles. The summed E-state index contributed by atoms with van der Waals surface area (Å²) >= 11 is 0. The topological polar surface area (TPSA) is 102 Å². The summed E-state index contributed by atoms with van der Waals surface area (Å²) in [7, 11) is 0. The molecule has 7 heteroatoms. The molecular formula is C22H24N4O3. The van der Waals surface area contributed by atoms with E-state index < -0.39 is 5.91 Å². The van der Waals surface area contributed by atoms with Crippen LogP contribution in [0.25, 0.3) is 5.69 Å². The Morgan fingerprint density at radius 2 is 1.90 bits per heavy atom. The maximum absolute atomic E-state index is 11.9. The summed E-state index contributed by atoms with van der Waals surface area (Å²) in [5.74, 6) is 0.859. The van der Waals surface area contributed by atoms with Gasteiger partial charge >= 0.3 is 0 Å². The third kappa shape index (κ3) is 4.41. The Bertz CT molecular complexity index is 979. The highest BCUT2D eigenvalue weighted by Gasteiger charge is 2.21. The molecule has 2 aromatic heterocycles. The highest BCUT2D eigenvalue weighted by molar-refractivity contribution is 5.99. The van der Waals surface area contributed by atoms with Gasteiger partial charge in [-0.1, -0.05) is 0 Å². The number of aromatic nitrogens is 2. The Balaban J connectivity index is 1.62. The summed E-state index contributed by atoms with van der Waals surface area (Å²) < 4.78 is 7.87. The first-order valence-corrected chi connectivity index (χ1v) is 9.74. The first kappa shape index (κ1) is 19.0. The number of hydrogen-bond donors (Lipinski definition) is 3. The zero-order valence-corrected chi connectivity index (χ0v) is 16.0. The van der Waals surface area contributed by atoms with Crippen LogP contribution in [0.5, 0.6) is 11.6 Å². The van der Waals surface area contributed by atoms with Gasteiger partial charge in [0.25, 0.3) is 5.91 Å². The lowest BCUT2D eigenvalue weighted by Crippen LogP contribution is -2.29. The number of carbonyl (C=O) groups is 1. The Hall–Kier alpha value is -3.32. The third-order valence-corrected chi connectivity index (χ3v) is 5.19. The summed E-state index contributed by atoms with van der Waals surface area (Å²) in [5, 5.41) is 13.2. The van der Waals surface area contributed by atoms with Crippen LogP contribution in [0.3, 0.4) is 0 Å². The molecule has 1 saturated carbocycles. The number of nitrogens with zero attached hydrogens (tertiary/aromatic N) is 2. The lowest BCUT2D eigenvalue weighted by molar-refractivity contribution is 0.100. The zero-order chi connectivity index (χ0) is 20.2. The van der Waals surface area contributed by atoms with Gasteiger partial charge in [0.1, 0.15) is 5.75 Å². The van der Waals surface area contributed by atoms with Crippen molar-refractivity contribution < 1.29 is 14.6 Å². The number of anilines is 1. The van der Waals surface area contributed by atoms with Gasteiger partial charge < -0.3 is 20.9 Å². The van der Waals surface area contributed by atoms with E-state index in [1.807, 2.05) is 35.0 Å². The first-order valence-electron chi connectivity index (χ1n) is 9.74. The number of aliphatic hydroxyl groups is 1. The van der Waals surface area contributed by atoms with E-state index in [1.54, 1.807) is 30.6 Å². The van der Waals surface area contributed by atoms with Crippen LogP contribution in [0.1, 0.15) is 36.0 Å². The van der Waals surface area contributed by atoms with E-state index in [0.29, 0.717) is 22.9 Å². The number of pyridine rings is 1. The molecule has 4 N–H and O–H groups in total. The van der Waals surface area contributed by atoms with Crippen LogP contribution in [-0.2, 0) is 0 Å². The molecule has 0 atom stereocenters. The second-order valence-corrected chi connectivity index (χ2v) is 7.25. The van der Waals surface area contributed by atoms with Crippen molar-refractivity contribution in [1.82, 2.24) is 9.55 Å². The number of aliphatic hydroxyl groups excluding tert-OH is 1.